The van der Waals surface area contributed by atoms with Crippen LogP contribution in [0.5, 0.6) is 0 Å². The molecular formula is C31H36N8O5S. The lowest BCUT2D eigenvalue weighted by Gasteiger charge is -2.25. The molecular weight excluding hydrogens is 596 g/mol. The van der Waals surface area contributed by atoms with E-state index in [0.717, 1.165) is 11.3 Å². The fraction of sp³-hybridized carbons (Fsp3) is 0.387. The minimum absolute atomic E-state index is 0.0267. The molecule has 0 unspecified atom stereocenters. The SMILES string of the molecule is Cc1ccn(CCC(=O)N2CCNC(=O)c3coc(n3)[C@H](Cc3ccccc3)NC(=O)c3csc(n3)[C@H](C(C)C)NC(=O)C2)n1. The molecule has 45 heavy (non-hydrogen) atoms. The number of carbonyl (C=O) groups is 4. The van der Waals surface area contributed by atoms with Gasteiger partial charge in [-0.2, -0.15) is 5.10 Å². The Morgan fingerprint density at radius 3 is 2.60 bits per heavy atom. The van der Waals surface area contributed by atoms with E-state index in [2.05, 4.69) is 31.0 Å². The van der Waals surface area contributed by atoms with Crippen LogP contribution in [-0.2, 0) is 22.6 Å². The maximum absolute atomic E-state index is 13.4. The van der Waals surface area contributed by atoms with E-state index in [1.54, 1.807) is 16.3 Å². The summed E-state index contributed by atoms with van der Waals surface area (Å²) in [4.78, 5) is 63.3. The molecule has 0 fully saturated rings. The molecule has 236 valence electrons. The number of aromatic nitrogens is 4. The topological polar surface area (TPSA) is 164 Å². The minimum Gasteiger partial charge on any atom is -0.446 e. The van der Waals surface area contributed by atoms with E-state index in [0.29, 0.717) is 18.0 Å². The molecule has 1 aliphatic rings. The molecule has 1 aromatic carbocycles. The molecule has 3 N–H and O–H groups in total. The average molecular weight is 633 g/mol. The first-order valence-electron chi connectivity index (χ1n) is 14.8. The summed E-state index contributed by atoms with van der Waals surface area (Å²) in [7, 11) is 0. The summed E-state index contributed by atoms with van der Waals surface area (Å²) < 4.78 is 7.36. The molecule has 4 aromatic rings. The largest absolute Gasteiger partial charge is 0.446 e. The maximum Gasteiger partial charge on any atom is 0.273 e. The summed E-state index contributed by atoms with van der Waals surface area (Å²) in [6.07, 6.45) is 3.52. The van der Waals surface area contributed by atoms with Crippen LogP contribution in [0.2, 0.25) is 0 Å². The van der Waals surface area contributed by atoms with E-state index in [4.69, 9.17) is 4.42 Å². The third-order valence-corrected chi connectivity index (χ3v) is 8.26. The molecule has 0 saturated carbocycles. The van der Waals surface area contributed by atoms with Crippen molar-refractivity contribution in [2.75, 3.05) is 19.6 Å². The van der Waals surface area contributed by atoms with Gasteiger partial charge in [0.15, 0.2) is 5.69 Å². The molecule has 0 spiro atoms. The zero-order valence-corrected chi connectivity index (χ0v) is 26.2. The lowest BCUT2D eigenvalue weighted by atomic mass is 10.0. The second kappa shape index (κ2) is 14.3. The van der Waals surface area contributed by atoms with Crippen molar-refractivity contribution in [2.45, 2.75) is 52.2 Å². The van der Waals surface area contributed by atoms with Crippen LogP contribution in [0.25, 0.3) is 0 Å². The highest BCUT2D eigenvalue weighted by Gasteiger charge is 2.28. The Morgan fingerprint density at radius 1 is 1.07 bits per heavy atom. The van der Waals surface area contributed by atoms with Gasteiger partial charge in [-0.15, -0.1) is 11.3 Å². The van der Waals surface area contributed by atoms with Crippen molar-refractivity contribution >= 4 is 35.0 Å². The van der Waals surface area contributed by atoms with Gasteiger partial charge in [0.05, 0.1) is 18.3 Å². The van der Waals surface area contributed by atoms with Crippen molar-refractivity contribution < 1.29 is 23.6 Å². The van der Waals surface area contributed by atoms with Gasteiger partial charge in [0.1, 0.15) is 23.0 Å². The maximum atomic E-state index is 13.4. The Bertz CT molecular complexity index is 1650. The molecule has 4 bridgehead atoms. The van der Waals surface area contributed by atoms with Crippen molar-refractivity contribution in [3.05, 3.63) is 87.8 Å². The second-order valence-electron chi connectivity index (χ2n) is 11.2. The number of nitrogens with zero attached hydrogens (tertiary/aromatic N) is 5. The van der Waals surface area contributed by atoms with Crippen LogP contribution in [0.1, 0.15) is 75.5 Å². The molecule has 4 amide bonds. The van der Waals surface area contributed by atoms with Crippen LogP contribution in [0.3, 0.4) is 0 Å². The van der Waals surface area contributed by atoms with E-state index in [1.807, 2.05) is 57.2 Å². The van der Waals surface area contributed by atoms with E-state index in [9.17, 15) is 19.2 Å². The zero-order valence-electron chi connectivity index (χ0n) is 25.4. The molecule has 0 radical (unpaired) electrons. The molecule has 1 aliphatic heterocycles. The number of thiazole rings is 1. The van der Waals surface area contributed by atoms with Crippen molar-refractivity contribution in [3.63, 3.8) is 0 Å². The number of hydrogen-bond donors (Lipinski definition) is 3. The summed E-state index contributed by atoms with van der Waals surface area (Å²) in [6, 6.07) is 10.2. The Balaban J connectivity index is 1.41. The van der Waals surface area contributed by atoms with Crippen LogP contribution in [0.15, 0.2) is 58.7 Å². The molecule has 5 rings (SSSR count). The number of oxazole rings is 1. The Morgan fingerprint density at radius 2 is 1.87 bits per heavy atom. The lowest BCUT2D eigenvalue weighted by molar-refractivity contribution is -0.136. The van der Waals surface area contributed by atoms with E-state index >= 15 is 0 Å². The monoisotopic (exact) mass is 632 g/mol. The highest BCUT2D eigenvalue weighted by atomic mass is 32.1. The van der Waals surface area contributed by atoms with E-state index in [-0.39, 0.29) is 61.1 Å². The number of amides is 4. The Labute approximate surface area is 264 Å². The summed E-state index contributed by atoms with van der Waals surface area (Å²) in [6.45, 7) is 6.06. The number of nitrogens with one attached hydrogen (secondary N) is 3. The standard InChI is InChI=1S/C31H36N8O5S/c1-19(2)27-31-35-24(18-45-31)29(43)33-22(15-21-7-5-4-6-8-21)30-34-23(17-44-30)28(42)32-11-14-38(16-25(40)36-27)26(41)10-13-39-12-9-20(3)37-39/h4-9,12,17-19,22,27H,10-11,13-16H2,1-3H3,(H,32,42)(H,33,43)(H,36,40)/t22-,27-/m0/s1. The predicted molar refractivity (Wildman–Crippen MR) is 165 cm³/mol. The number of hydrogen-bond acceptors (Lipinski definition) is 9. The van der Waals surface area contributed by atoms with Gasteiger partial charge in [0.25, 0.3) is 11.8 Å². The molecule has 13 nitrogen and oxygen atoms in total. The highest BCUT2D eigenvalue weighted by molar-refractivity contribution is 7.09. The van der Waals surface area contributed by atoms with E-state index < -0.39 is 23.9 Å². The van der Waals surface area contributed by atoms with Crippen molar-refractivity contribution in [2.24, 2.45) is 5.92 Å². The van der Waals surface area contributed by atoms with Crippen LogP contribution >= 0.6 is 11.3 Å². The second-order valence-corrected chi connectivity index (χ2v) is 12.1. The number of aryl methyl sites for hydroxylation is 2. The molecule has 3 aromatic heterocycles. The zero-order chi connectivity index (χ0) is 31.9. The van der Waals surface area contributed by atoms with Crippen LogP contribution in [-0.4, -0.2) is 67.9 Å². The average Bonchev–Trinajstić information content (AvgIpc) is 3.79. The van der Waals surface area contributed by atoms with Gasteiger partial charge in [-0.25, -0.2) is 9.97 Å². The molecule has 2 atom stereocenters. The Hall–Kier alpha value is -4.85. The smallest absolute Gasteiger partial charge is 0.273 e. The van der Waals surface area contributed by atoms with Gasteiger partial charge in [-0.1, -0.05) is 44.2 Å². The third-order valence-electron chi connectivity index (χ3n) is 7.33. The summed E-state index contributed by atoms with van der Waals surface area (Å²) >= 11 is 1.27. The van der Waals surface area contributed by atoms with Crippen molar-refractivity contribution in [3.8, 4) is 0 Å². The van der Waals surface area contributed by atoms with Gasteiger partial charge in [0.2, 0.25) is 17.7 Å². The van der Waals surface area contributed by atoms with Crippen molar-refractivity contribution in [1.29, 1.82) is 0 Å². The van der Waals surface area contributed by atoms with Gasteiger partial charge in [-0.3, -0.25) is 23.9 Å². The van der Waals surface area contributed by atoms with Crippen LogP contribution in [0, 0.1) is 12.8 Å². The fourth-order valence-corrected chi connectivity index (χ4v) is 5.94. The van der Waals surface area contributed by atoms with Gasteiger partial charge in [0, 0.05) is 44.1 Å². The molecule has 14 heteroatoms. The molecule has 0 aliphatic carbocycles. The van der Waals surface area contributed by atoms with Crippen LogP contribution in [0.4, 0.5) is 0 Å². The lowest BCUT2D eigenvalue weighted by Crippen LogP contribution is -2.45. The van der Waals surface area contributed by atoms with E-state index in [1.165, 1.54) is 22.5 Å². The van der Waals surface area contributed by atoms with Gasteiger partial charge >= 0.3 is 0 Å². The number of fused-ring (bicyclic) bond motifs is 4. The predicted octanol–water partition coefficient (Wildman–Crippen LogP) is 2.83. The number of rotatable bonds is 6. The van der Waals surface area contributed by atoms with Crippen molar-refractivity contribution in [1.82, 2.24) is 40.6 Å². The highest BCUT2D eigenvalue weighted by Crippen LogP contribution is 2.26. The quantitative estimate of drug-likeness (QED) is 0.292. The molecule has 4 heterocycles. The summed E-state index contributed by atoms with van der Waals surface area (Å²) in [5.41, 5.74) is 1.98. The fourth-order valence-electron chi connectivity index (χ4n) is 4.92. The Kier molecular flexibility index (Phi) is 10.0. The first kappa shape index (κ1) is 31.6. The first-order chi connectivity index (χ1) is 21.7. The normalized spacial score (nSPS) is 18.1. The first-order valence-corrected chi connectivity index (χ1v) is 15.6. The summed E-state index contributed by atoms with van der Waals surface area (Å²) in [5.74, 6) is -1.47. The van der Waals surface area contributed by atoms with Crippen LogP contribution < -0.4 is 16.0 Å². The number of carbonyl (C=O) groups excluding carboxylic acids is 4. The number of benzene rings is 1. The minimum atomic E-state index is -0.683. The van der Waals surface area contributed by atoms with Gasteiger partial charge < -0.3 is 25.3 Å². The third kappa shape index (κ3) is 8.20. The summed E-state index contributed by atoms with van der Waals surface area (Å²) in [5, 5.41) is 15.2. The molecule has 0 saturated heterocycles. The van der Waals surface area contributed by atoms with Gasteiger partial charge in [-0.05, 0) is 24.5 Å².